The second-order valence-electron chi connectivity index (χ2n) is 4.74. The lowest BCUT2D eigenvalue weighted by Gasteiger charge is -2.40. The first-order chi connectivity index (χ1) is 8.28. The van der Waals surface area contributed by atoms with E-state index in [0.29, 0.717) is 4.75 Å². The summed E-state index contributed by atoms with van der Waals surface area (Å²) in [6.07, 6.45) is 10.1. The van der Waals surface area contributed by atoms with E-state index in [-0.39, 0.29) is 0 Å². The Morgan fingerprint density at radius 2 is 2.24 bits per heavy atom. The number of hydrogen-bond donors (Lipinski definition) is 1. The highest BCUT2D eigenvalue weighted by molar-refractivity contribution is 8.00. The number of aryl methyl sites for hydroxylation is 1. The van der Waals surface area contributed by atoms with Crippen molar-refractivity contribution in [1.82, 2.24) is 9.97 Å². The van der Waals surface area contributed by atoms with Crippen LogP contribution in [0.15, 0.2) is 12.4 Å². The molecule has 1 aromatic heterocycles. The van der Waals surface area contributed by atoms with Gasteiger partial charge in [-0.1, -0.05) is 19.8 Å². The lowest BCUT2D eigenvalue weighted by atomic mass is 9.84. The fourth-order valence-electron chi connectivity index (χ4n) is 2.16. The van der Waals surface area contributed by atoms with Crippen molar-refractivity contribution in [2.75, 3.05) is 18.1 Å². The minimum atomic E-state index is 0.454. The Morgan fingerprint density at radius 3 is 2.82 bits per heavy atom. The fraction of sp³-hybridized carbons (Fsp3) is 0.692. The van der Waals surface area contributed by atoms with Crippen LogP contribution in [0.1, 0.15) is 38.3 Å². The molecule has 0 spiro atoms. The van der Waals surface area contributed by atoms with Crippen molar-refractivity contribution in [2.24, 2.45) is 0 Å². The largest absolute Gasteiger partial charge is 0.369 e. The van der Waals surface area contributed by atoms with Crippen LogP contribution in [-0.4, -0.2) is 27.5 Å². The second-order valence-corrected chi connectivity index (χ2v) is 6.01. The number of hydrogen-bond acceptors (Lipinski definition) is 4. The lowest BCUT2D eigenvalue weighted by molar-refractivity contribution is 0.379. The van der Waals surface area contributed by atoms with Crippen molar-refractivity contribution < 1.29 is 0 Å². The van der Waals surface area contributed by atoms with Gasteiger partial charge in [0.1, 0.15) is 12.1 Å². The molecule has 0 aromatic carbocycles. The van der Waals surface area contributed by atoms with E-state index in [1.54, 1.807) is 6.33 Å². The third kappa shape index (κ3) is 3.12. The predicted octanol–water partition coefficient (Wildman–Crippen LogP) is 3.13. The normalized spacial score (nSPS) is 17.5. The molecule has 2 rings (SSSR count). The van der Waals surface area contributed by atoms with Crippen molar-refractivity contribution in [3.8, 4) is 0 Å². The summed E-state index contributed by atoms with van der Waals surface area (Å²) in [7, 11) is 0. The highest BCUT2D eigenvalue weighted by Crippen LogP contribution is 2.42. The monoisotopic (exact) mass is 251 g/mol. The van der Waals surface area contributed by atoms with E-state index in [1.807, 2.05) is 11.8 Å². The third-order valence-corrected chi connectivity index (χ3v) is 4.94. The predicted molar refractivity (Wildman–Crippen MR) is 74.6 cm³/mol. The Labute approximate surface area is 108 Å². The molecular formula is C13H21N3S. The van der Waals surface area contributed by atoms with Crippen molar-refractivity contribution >= 4 is 17.6 Å². The summed E-state index contributed by atoms with van der Waals surface area (Å²) in [4.78, 5) is 8.56. The average Bonchev–Trinajstić information content (AvgIpc) is 2.29. The molecule has 1 heterocycles. The highest BCUT2D eigenvalue weighted by atomic mass is 32.2. The molecule has 1 fully saturated rings. The maximum Gasteiger partial charge on any atom is 0.129 e. The summed E-state index contributed by atoms with van der Waals surface area (Å²) in [6.45, 7) is 3.20. The van der Waals surface area contributed by atoms with Gasteiger partial charge in [0.2, 0.25) is 0 Å². The number of rotatable bonds is 6. The highest BCUT2D eigenvalue weighted by Gasteiger charge is 2.35. The Morgan fingerprint density at radius 1 is 1.41 bits per heavy atom. The van der Waals surface area contributed by atoms with Crippen LogP contribution in [0, 0.1) is 0 Å². The smallest absolute Gasteiger partial charge is 0.129 e. The van der Waals surface area contributed by atoms with Crippen molar-refractivity contribution in [3.05, 3.63) is 18.1 Å². The van der Waals surface area contributed by atoms with Gasteiger partial charge < -0.3 is 5.32 Å². The molecule has 0 amide bonds. The van der Waals surface area contributed by atoms with E-state index in [4.69, 9.17) is 0 Å². The molecule has 0 bridgehead atoms. The summed E-state index contributed by atoms with van der Waals surface area (Å²) in [5.74, 6) is 0.976. The van der Waals surface area contributed by atoms with Gasteiger partial charge in [-0.2, -0.15) is 11.8 Å². The molecule has 94 valence electrons. The van der Waals surface area contributed by atoms with Gasteiger partial charge in [-0.3, -0.25) is 0 Å². The molecule has 1 N–H and O–H groups in total. The zero-order valence-corrected chi connectivity index (χ0v) is 11.5. The summed E-state index contributed by atoms with van der Waals surface area (Å²) in [6, 6.07) is 2.08. The van der Waals surface area contributed by atoms with Gasteiger partial charge in [0, 0.05) is 23.1 Å². The number of nitrogens with zero attached hydrogens (tertiary/aromatic N) is 2. The summed E-state index contributed by atoms with van der Waals surface area (Å²) in [5.41, 5.74) is 1.14. The Bertz CT molecular complexity index is 358. The van der Waals surface area contributed by atoms with Gasteiger partial charge in [-0.15, -0.1) is 0 Å². The van der Waals surface area contributed by atoms with E-state index in [2.05, 4.69) is 34.5 Å². The second kappa shape index (κ2) is 5.71. The van der Waals surface area contributed by atoms with Crippen molar-refractivity contribution in [3.63, 3.8) is 0 Å². The van der Waals surface area contributed by atoms with Crippen molar-refractivity contribution in [1.29, 1.82) is 0 Å². The molecule has 1 aromatic rings. The third-order valence-electron chi connectivity index (χ3n) is 3.52. The van der Waals surface area contributed by atoms with Gasteiger partial charge in [0.15, 0.2) is 0 Å². The van der Waals surface area contributed by atoms with Crippen LogP contribution >= 0.6 is 11.8 Å². The van der Waals surface area contributed by atoms with Crippen LogP contribution < -0.4 is 5.32 Å². The van der Waals surface area contributed by atoms with Crippen LogP contribution in [0.25, 0.3) is 0 Å². The summed E-state index contributed by atoms with van der Waals surface area (Å²) < 4.78 is 0.454. The van der Waals surface area contributed by atoms with Gasteiger partial charge in [-0.25, -0.2) is 9.97 Å². The molecule has 3 nitrogen and oxygen atoms in total. The number of thioether (sulfide) groups is 1. The number of nitrogens with one attached hydrogen (secondary N) is 1. The first-order valence-electron chi connectivity index (χ1n) is 6.38. The molecule has 17 heavy (non-hydrogen) atoms. The standard InChI is InChI=1S/C13H21N3S/c1-3-5-11-8-12(16-10-15-11)14-9-13(17-2)6-4-7-13/h8,10H,3-7,9H2,1-2H3,(H,14,15,16). The Balaban J connectivity index is 1.92. The van der Waals surface area contributed by atoms with E-state index >= 15 is 0 Å². The molecule has 0 saturated heterocycles. The SMILES string of the molecule is CCCc1cc(NCC2(SC)CCC2)ncn1. The lowest BCUT2D eigenvalue weighted by Crippen LogP contribution is -2.40. The molecular weight excluding hydrogens is 230 g/mol. The minimum Gasteiger partial charge on any atom is -0.369 e. The van der Waals surface area contributed by atoms with Crippen LogP contribution in [-0.2, 0) is 6.42 Å². The van der Waals surface area contributed by atoms with Crippen molar-refractivity contribution in [2.45, 2.75) is 43.8 Å². The Kier molecular flexibility index (Phi) is 4.26. The zero-order valence-electron chi connectivity index (χ0n) is 10.7. The van der Waals surface area contributed by atoms with E-state index in [0.717, 1.165) is 30.9 Å². The molecule has 0 atom stereocenters. The van der Waals surface area contributed by atoms with E-state index in [9.17, 15) is 0 Å². The average molecular weight is 251 g/mol. The van der Waals surface area contributed by atoms with Crippen LogP contribution in [0.3, 0.4) is 0 Å². The van der Waals surface area contributed by atoms with Crippen LogP contribution in [0.2, 0.25) is 0 Å². The van der Waals surface area contributed by atoms with E-state index in [1.165, 1.54) is 19.3 Å². The first-order valence-corrected chi connectivity index (χ1v) is 7.60. The van der Waals surface area contributed by atoms with Crippen LogP contribution in [0.5, 0.6) is 0 Å². The molecule has 1 aliphatic carbocycles. The molecule has 0 aliphatic heterocycles. The molecule has 0 unspecified atom stereocenters. The number of anilines is 1. The van der Waals surface area contributed by atoms with Crippen LogP contribution in [0.4, 0.5) is 5.82 Å². The molecule has 4 heteroatoms. The van der Waals surface area contributed by atoms with Gasteiger partial charge in [0.05, 0.1) is 0 Å². The van der Waals surface area contributed by atoms with Gasteiger partial charge in [0.25, 0.3) is 0 Å². The topological polar surface area (TPSA) is 37.8 Å². The molecule has 1 saturated carbocycles. The quantitative estimate of drug-likeness (QED) is 0.843. The Hall–Kier alpha value is -0.770. The molecule has 0 radical (unpaired) electrons. The maximum absolute atomic E-state index is 4.29. The van der Waals surface area contributed by atoms with Gasteiger partial charge in [-0.05, 0) is 25.5 Å². The van der Waals surface area contributed by atoms with E-state index < -0.39 is 0 Å². The van der Waals surface area contributed by atoms with Gasteiger partial charge >= 0.3 is 0 Å². The first kappa shape index (κ1) is 12.7. The zero-order chi connectivity index (χ0) is 12.1. The summed E-state index contributed by atoms with van der Waals surface area (Å²) in [5, 5.41) is 3.47. The summed E-state index contributed by atoms with van der Waals surface area (Å²) >= 11 is 1.99. The number of aromatic nitrogens is 2. The maximum atomic E-state index is 4.29. The minimum absolute atomic E-state index is 0.454. The molecule has 1 aliphatic rings. The fourth-order valence-corrected chi connectivity index (χ4v) is 3.08.